The highest BCUT2D eigenvalue weighted by Gasteiger charge is 2.29. The van der Waals surface area contributed by atoms with Crippen molar-refractivity contribution in [2.24, 2.45) is 5.92 Å². The molecule has 1 fully saturated rings. The van der Waals surface area contributed by atoms with Crippen LogP contribution >= 0.6 is 11.3 Å². The van der Waals surface area contributed by atoms with Gasteiger partial charge in [0, 0.05) is 37.0 Å². The van der Waals surface area contributed by atoms with Gasteiger partial charge in [0.25, 0.3) is 0 Å². The molecule has 2 aromatic heterocycles. The van der Waals surface area contributed by atoms with E-state index in [0.29, 0.717) is 38.0 Å². The lowest BCUT2D eigenvalue weighted by Gasteiger charge is -2.36. The number of carbonyl (C=O) groups is 1. The molecule has 8 heteroatoms. The second-order valence-electron chi connectivity index (χ2n) is 9.63. The Morgan fingerprint density at radius 3 is 2.74 bits per heavy atom. The quantitative estimate of drug-likeness (QED) is 0.510. The highest BCUT2D eigenvalue weighted by molar-refractivity contribution is 7.19. The van der Waals surface area contributed by atoms with E-state index in [4.69, 9.17) is 9.97 Å². The van der Waals surface area contributed by atoms with Crippen LogP contribution in [0.3, 0.4) is 0 Å². The molecule has 3 aromatic rings. The second-order valence-corrected chi connectivity index (χ2v) is 10.7. The number of para-hydroxylation sites is 1. The van der Waals surface area contributed by atoms with E-state index in [1.54, 1.807) is 23.1 Å². The largest absolute Gasteiger partial charge is 0.352 e. The summed E-state index contributed by atoms with van der Waals surface area (Å²) in [5, 5.41) is 3.93. The number of nitrogens with one attached hydrogen (secondary N) is 1. The zero-order chi connectivity index (χ0) is 23.8. The van der Waals surface area contributed by atoms with E-state index in [0.717, 1.165) is 35.7 Å². The van der Waals surface area contributed by atoms with E-state index in [-0.39, 0.29) is 11.7 Å². The SMILES string of the molecule is CCC(C)c1nc(N2CCN(C(=O)Nc3ccccc3F)CC2)c2c3c(sc2n1)CC(C)CC3. The zero-order valence-electron chi connectivity index (χ0n) is 20.1. The molecule has 1 aliphatic heterocycles. The van der Waals surface area contributed by atoms with Gasteiger partial charge in [-0.3, -0.25) is 0 Å². The number of nitrogens with zero attached hydrogens (tertiary/aromatic N) is 4. The summed E-state index contributed by atoms with van der Waals surface area (Å²) in [4.78, 5) is 29.5. The number of benzene rings is 1. The molecule has 5 rings (SSSR count). The topological polar surface area (TPSA) is 61.4 Å². The van der Waals surface area contributed by atoms with E-state index in [2.05, 4.69) is 31.0 Å². The van der Waals surface area contributed by atoms with Crippen molar-refractivity contribution in [2.75, 3.05) is 36.4 Å². The first-order chi connectivity index (χ1) is 16.4. The second kappa shape index (κ2) is 9.49. The van der Waals surface area contributed by atoms with E-state index < -0.39 is 5.82 Å². The summed E-state index contributed by atoms with van der Waals surface area (Å²) in [6.07, 6.45) is 4.41. The summed E-state index contributed by atoms with van der Waals surface area (Å²) in [7, 11) is 0. The van der Waals surface area contributed by atoms with Crippen LogP contribution in [0, 0.1) is 11.7 Å². The minimum absolute atomic E-state index is 0.213. The number of piperazine rings is 1. The normalized spacial score (nSPS) is 19.2. The van der Waals surface area contributed by atoms with Gasteiger partial charge >= 0.3 is 6.03 Å². The number of hydrogen-bond donors (Lipinski definition) is 1. The predicted molar refractivity (Wildman–Crippen MR) is 137 cm³/mol. The maximum atomic E-state index is 14.0. The van der Waals surface area contributed by atoms with Gasteiger partial charge in [0.05, 0.1) is 11.1 Å². The minimum atomic E-state index is -0.424. The zero-order valence-corrected chi connectivity index (χ0v) is 20.9. The van der Waals surface area contributed by atoms with Crippen molar-refractivity contribution in [2.45, 2.75) is 52.4 Å². The monoisotopic (exact) mass is 481 g/mol. The number of halogens is 1. The summed E-state index contributed by atoms with van der Waals surface area (Å²) in [6, 6.07) is 6.00. The van der Waals surface area contributed by atoms with Crippen molar-refractivity contribution in [3.05, 3.63) is 46.3 Å². The third kappa shape index (κ3) is 4.35. The van der Waals surface area contributed by atoms with Gasteiger partial charge in [-0.05, 0) is 49.3 Å². The van der Waals surface area contributed by atoms with E-state index in [1.165, 1.54) is 28.3 Å². The number of rotatable bonds is 4. The Morgan fingerprint density at radius 1 is 1.24 bits per heavy atom. The fourth-order valence-electron chi connectivity index (χ4n) is 4.85. The fourth-order valence-corrected chi connectivity index (χ4v) is 6.23. The van der Waals surface area contributed by atoms with Crippen LogP contribution in [0.4, 0.5) is 20.7 Å². The maximum Gasteiger partial charge on any atom is 0.322 e. The number of aromatic nitrogens is 2. The van der Waals surface area contributed by atoms with Gasteiger partial charge in [-0.2, -0.15) is 0 Å². The van der Waals surface area contributed by atoms with Crippen LogP contribution in [0.1, 0.15) is 55.8 Å². The summed E-state index contributed by atoms with van der Waals surface area (Å²) in [5.74, 6) is 2.53. The molecule has 2 amide bonds. The number of thiophene rings is 1. The number of amides is 2. The molecule has 2 aliphatic rings. The van der Waals surface area contributed by atoms with E-state index >= 15 is 0 Å². The molecule has 0 saturated carbocycles. The third-order valence-corrected chi connectivity index (χ3v) is 8.34. The predicted octanol–water partition coefficient (Wildman–Crippen LogP) is 5.82. The summed E-state index contributed by atoms with van der Waals surface area (Å²) in [5.41, 5.74) is 1.65. The Labute approximate surface area is 204 Å². The highest BCUT2D eigenvalue weighted by Crippen LogP contribution is 2.42. The molecule has 2 unspecified atom stereocenters. The molecule has 2 atom stereocenters. The van der Waals surface area contributed by atoms with Crippen LogP contribution in [0.25, 0.3) is 10.2 Å². The Balaban J connectivity index is 1.40. The standard InChI is InChI=1S/C26H32FN5OS/c1-4-17(3)23-29-24(22-18-10-9-16(2)15-21(18)34-25(22)30-23)31-11-13-32(14-12-31)26(33)28-20-8-6-5-7-19(20)27/h5-8,16-17H,4,9-15H2,1-3H3,(H,28,33). The lowest BCUT2D eigenvalue weighted by Crippen LogP contribution is -2.50. The van der Waals surface area contributed by atoms with Gasteiger partial charge in [-0.15, -0.1) is 11.3 Å². The summed E-state index contributed by atoms with van der Waals surface area (Å²) < 4.78 is 14.0. The minimum Gasteiger partial charge on any atom is -0.352 e. The summed E-state index contributed by atoms with van der Waals surface area (Å²) in [6.45, 7) is 9.20. The molecule has 0 radical (unpaired) electrons. The average molecular weight is 482 g/mol. The number of carbonyl (C=O) groups excluding carboxylic acids is 1. The fraction of sp³-hybridized carbons (Fsp3) is 0.500. The molecular weight excluding hydrogens is 449 g/mol. The van der Waals surface area contributed by atoms with Gasteiger partial charge in [0.2, 0.25) is 0 Å². The van der Waals surface area contributed by atoms with Gasteiger partial charge in [0.1, 0.15) is 22.3 Å². The Kier molecular flexibility index (Phi) is 6.42. The Hall–Kier alpha value is -2.74. The molecule has 3 heterocycles. The molecule has 1 saturated heterocycles. The molecule has 6 nitrogen and oxygen atoms in total. The van der Waals surface area contributed by atoms with Crippen LogP contribution in [0.2, 0.25) is 0 Å². The smallest absolute Gasteiger partial charge is 0.322 e. The van der Waals surface area contributed by atoms with E-state index in [1.807, 2.05) is 11.3 Å². The Morgan fingerprint density at radius 2 is 2.00 bits per heavy atom. The van der Waals surface area contributed by atoms with Crippen molar-refractivity contribution in [3.8, 4) is 0 Å². The third-order valence-electron chi connectivity index (χ3n) is 7.19. The lowest BCUT2D eigenvalue weighted by molar-refractivity contribution is 0.208. The molecular formula is C26H32FN5OS. The van der Waals surface area contributed by atoms with Crippen LogP contribution in [0.5, 0.6) is 0 Å². The van der Waals surface area contributed by atoms with Crippen LogP contribution in [-0.4, -0.2) is 47.1 Å². The first-order valence-electron chi connectivity index (χ1n) is 12.3. The van der Waals surface area contributed by atoms with E-state index in [9.17, 15) is 9.18 Å². The first-order valence-corrected chi connectivity index (χ1v) is 13.1. The average Bonchev–Trinajstić information content (AvgIpc) is 3.21. The van der Waals surface area contributed by atoms with Crippen molar-refractivity contribution >= 4 is 39.1 Å². The molecule has 1 aromatic carbocycles. The highest BCUT2D eigenvalue weighted by atomic mass is 32.1. The summed E-state index contributed by atoms with van der Waals surface area (Å²) >= 11 is 1.84. The molecule has 180 valence electrons. The van der Waals surface area contributed by atoms with Crippen molar-refractivity contribution in [1.29, 1.82) is 0 Å². The van der Waals surface area contributed by atoms with Crippen molar-refractivity contribution < 1.29 is 9.18 Å². The first kappa shape index (κ1) is 23.0. The number of hydrogen-bond acceptors (Lipinski definition) is 5. The number of urea groups is 1. The van der Waals surface area contributed by atoms with Crippen LogP contribution in [-0.2, 0) is 12.8 Å². The molecule has 1 aliphatic carbocycles. The molecule has 1 N–H and O–H groups in total. The van der Waals surface area contributed by atoms with Crippen LogP contribution < -0.4 is 10.2 Å². The van der Waals surface area contributed by atoms with Crippen molar-refractivity contribution in [3.63, 3.8) is 0 Å². The number of anilines is 2. The number of aryl methyl sites for hydroxylation is 1. The Bertz CT molecular complexity index is 1200. The number of fused-ring (bicyclic) bond motifs is 3. The van der Waals surface area contributed by atoms with Gasteiger partial charge in [0.15, 0.2) is 0 Å². The maximum absolute atomic E-state index is 14.0. The van der Waals surface area contributed by atoms with Crippen LogP contribution in [0.15, 0.2) is 24.3 Å². The molecule has 0 bridgehead atoms. The van der Waals surface area contributed by atoms with Gasteiger partial charge in [-0.25, -0.2) is 19.2 Å². The van der Waals surface area contributed by atoms with Gasteiger partial charge in [-0.1, -0.05) is 32.9 Å². The molecule has 0 spiro atoms. The lowest BCUT2D eigenvalue weighted by atomic mass is 9.89. The molecule has 34 heavy (non-hydrogen) atoms. The van der Waals surface area contributed by atoms with Gasteiger partial charge < -0.3 is 15.1 Å². The van der Waals surface area contributed by atoms with Crippen molar-refractivity contribution in [1.82, 2.24) is 14.9 Å².